The number of allylic oxidation sites excluding steroid dienone is 2. The van der Waals surface area contributed by atoms with E-state index in [0.717, 1.165) is 0 Å². The van der Waals surface area contributed by atoms with Crippen molar-refractivity contribution in [1.82, 2.24) is 0 Å². The second-order valence-corrected chi connectivity index (χ2v) is 14.4. The van der Waals surface area contributed by atoms with Gasteiger partial charge in [-0.05, 0) is 44.1 Å². The zero-order valence-corrected chi connectivity index (χ0v) is 21.1. The van der Waals surface area contributed by atoms with Crippen LogP contribution in [0.3, 0.4) is 0 Å². The molecule has 13 heteroatoms. The summed E-state index contributed by atoms with van der Waals surface area (Å²) in [6.07, 6.45) is 0.351. The normalized spacial score (nSPS) is 29.8. The summed E-state index contributed by atoms with van der Waals surface area (Å²) in [5, 5.41) is 0. The average Bonchev–Trinajstić information content (AvgIpc) is 3.21. The first-order valence-corrected chi connectivity index (χ1v) is 14.7. The molecule has 3 aliphatic heterocycles. The summed E-state index contributed by atoms with van der Waals surface area (Å²) < 4.78 is 64.1. The van der Waals surface area contributed by atoms with Crippen molar-refractivity contribution < 1.29 is 45.3 Å². The summed E-state index contributed by atoms with van der Waals surface area (Å²) in [5.41, 5.74) is -2.56. The van der Waals surface area contributed by atoms with Crippen molar-refractivity contribution in [2.24, 2.45) is 11.8 Å². The lowest BCUT2D eigenvalue weighted by Crippen LogP contribution is -2.35. The summed E-state index contributed by atoms with van der Waals surface area (Å²) in [4.78, 5) is 40.3. The maximum absolute atomic E-state index is 13.3. The Morgan fingerprint density at radius 2 is 1.49 bits per heavy atom. The van der Waals surface area contributed by atoms with Gasteiger partial charge in [0.05, 0.1) is 30.8 Å². The number of rotatable bonds is 4. The Morgan fingerprint density at radius 3 is 1.86 bits per heavy atom. The van der Waals surface area contributed by atoms with Crippen LogP contribution in [0.2, 0.25) is 0 Å². The summed E-state index contributed by atoms with van der Waals surface area (Å²) in [7, 11) is -7.97. The van der Waals surface area contributed by atoms with E-state index in [0.29, 0.717) is 18.5 Å². The molecule has 1 unspecified atom stereocenters. The van der Waals surface area contributed by atoms with Crippen LogP contribution in [0.25, 0.3) is 0 Å². The summed E-state index contributed by atoms with van der Waals surface area (Å²) in [5.74, 6) is -1.08. The van der Waals surface area contributed by atoms with E-state index >= 15 is 0 Å². The molecule has 2 saturated heterocycles. The maximum atomic E-state index is 13.3. The molecule has 3 aliphatic rings. The lowest BCUT2D eigenvalue weighted by molar-refractivity contribution is -0.140. The van der Waals surface area contributed by atoms with Crippen LogP contribution in [-0.4, -0.2) is 67.0 Å². The average molecular weight is 535 g/mol. The third kappa shape index (κ3) is 4.51. The van der Waals surface area contributed by atoms with Crippen molar-refractivity contribution in [2.75, 3.05) is 24.3 Å². The number of imide groups is 1. The van der Waals surface area contributed by atoms with Gasteiger partial charge in [-0.3, -0.25) is 9.59 Å². The number of para-hydroxylation sites is 1. The Bertz CT molecular complexity index is 1150. The molecule has 0 radical (unpaired) electrons. The molecule has 1 aromatic rings. The molecular formula is C22H25F3NO7PS. The molecule has 4 rings (SSSR count). The Balaban J connectivity index is 0.000000371. The Hall–Kier alpha value is -2.30. The third-order valence-electron chi connectivity index (χ3n) is 6.93. The number of esters is 1. The number of carbonyl (C=O) groups is 3. The molecule has 8 nitrogen and oxygen atoms in total. The van der Waals surface area contributed by atoms with Crippen LogP contribution in [0.5, 0.6) is 0 Å². The molecule has 2 bridgehead atoms. The monoisotopic (exact) mass is 535 g/mol. The molecule has 0 aliphatic carbocycles. The number of ether oxygens (including phenoxy) is 1. The number of hydrogen-bond acceptors (Lipinski definition) is 7. The molecule has 0 aromatic heterocycles. The first-order valence-electron chi connectivity index (χ1n) is 10.7. The van der Waals surface area contributed by atoms with Crippen molar-refractivity contribution in [3.05, 3.63) is 41.5 Å². The number of halogens is 3. The summed E-state index contributed by atoms with van der Waals surface area (Å²) in [6.45, 7) is 8.46. The number of alkyl halides is 3. The number of nitrogens with zero attached hydrogens (tertiary/aromatic N) is 1. The zero-order valence-electron chi connectivity index (χ0n) is 19.4. The second kappa shape index (κ2) is 9.29. The highest BCUT2D eigenvalue weighted by molar-refractivity contribution is 7.86. The van der Waals surface area contributed by atoms with Gasteiger partial charge < -0.3 is 9.29 Å². The van der Waals surface area contributed by atoms with Crippen LogP contribution < -0.4 is 4.90 Å². The number of anilines is 1. The van der Waals surface area contributed by atoms with E-state index in [-0.39, 0.29) is 40.9 Å². The molecule has 35 heavy (non-hydrogen) atoms. The number of benzene rings is 1. The number of fused-ring (bicyclic) bond motifs is 5. The molecule has 0 spiro atoms. The minimum absolute atomic E-state index is 0.0158. The van der Waals surface area contributed by atoms with Crippen molar-refractivity contribution in [3.63, 3.8) is 0 Å². The first-order chi connectivity index (χ1) is 16.1. The number of carbonyl (C=O) groups excluding carboxylic acids is 3. The van der Waals surface area contributed by atoms with Crippen LogP contribution in [0.4, 0.5) is 18.9 Å². The molecule has 2 amide bonds. The van der Waals surface area contributed by atoms with Crippen LogP contribution in [0.15, 0.2) is 41.5 Å². The Labute approximate surface area is 201 Å². The SMILES string of the molecule is CCOC(=O)C[P+]1(C)[C@@H]2C(C)=C(C)[C@H]1[C@H]1C(=O)N(c3ccccc3)C(=O)[C@H]12.O=S(=O)([O-])C(F)(F)F. The highest BCUT2D eigenvalue weighted by Crippen LogP contribution is 2.81. The molecule has 192 valence electrons. The highest BCUT2D eigenvalue weighted by atomic mass is 32.2. The van der Waals surface area contributed by atoms with Crippen molar-refractivity contribution in [1.29, 1.82) is 0 Å². The molecule has 0 N–H and O–H groups in total. The van der Waals surface area contributed by atoms with Gasteiger partial charge >= 0.3 is 11.5 Å². The van der Waals surface area contributed by atoms with E-state index in [9.17, 15) is 27.6 Å². The van der Waals surface area contributed by atoms with Crippen LogP contribution in [0, 0.1) is 11.8 Å². The van der Waals surface area contributed by atoms with Gasteiger partial charge in [0.15, 0.2) is 16.3 Å². The fraction of sp³-hybridized carbons (Fsp3) is 0.500. The van der Waals surface area contributed by atoms with E-state index in [2.05, 4.69) is 20.5 Å². The molecule has 5 atom stereocenters. The van der Waals surface area contributed by atoms with Gasteiger partial charge in [0.25, 0.3) is 0 Å². The zero-order chi connectivity index (χ0) is 26.5. The van der Waals surface area contributed by atoms with Crippen LogP contribution in [0.1, 0.15) is 20.8 Å². The van der Waals surface area contributed by atoms with Gasteiger partial charge in [0, 0.05) is 7.26 Å². The van der Waals surface area contributed by atoms with E-state index in [1.54, 1.807) is 19.1 Å². The van der Waals surface area contributed by atoms with Crippen molar-refractivity contribution in [3.8, 4) is 0 Å². The molecule has 2 fully saturated rings. The van der Waals surface area contributed by atoms with Gasteiger partial charge in [-0.1, -0.05) is 18.2 Å². The third-order valence-corrected chi connectivity index (χ3v) is 12.4. The van der Waals surface area contributed by atoms with E-state index in [1.807, 2.05) is 18.2 Å². The standard InChI is InChI=1S/C21H25NO4P.CHF3O3S/c1-5-26-15(23)11-27(4)18-12(2)13(3)19(27)17-16(18)20(24)22(21(17)25)14-9-7-6-8-10-14;2-1(3,4)8(5,6)7/h6-10,16-19H,5,11H2,1-4H3;(H,5,6,7)/q+1;/p-1/t16-,17+,18-,19+,27?;. The van der Waals surface area contributed by atoms with Crippen molar-refractivity contribution in [2.45, 2.75) is 37.6 Å². The van der Waals surface area contributed by atoms with Crippen LogP contribution >= 0.6 is 7.26 Å². The predicted molar refractivity (Wildman–Crippen MR) is 122 cm³/mol. The van der Waals surface area contributed by atoms with Crippen molar-refractivity contribution >= 4 is 40.9 Å². The minimum atomic E-state index is -6.09. The Kier molecular flexibility index (Phi) is 7.25. The molecule has 3 heterocycles. The van der Waals surface area contributed by atoms with E-state index < -0.39 is 22.9 Å². The lowest BCUT2D eigenvalue weighted by Gasteiger charge is -2.27. The Morgan fingerprint density at radius 1 is 1.06 bits per heavy atom. The maximum Gasteiger partial charge on any atom is 0.485 e. The van der Waals surface area contributed by atoms with E-state index in [4.69, 9.17) is 17.7 Å². The summed E-state index contributed by atoms with van der Waals surface area (Å²) in [6, 6.07) is 9.16. The largest absolute Gasteiger partial charge is 0.741 e. The lowest BCUT2D eigenvalue weighted by atomic mass is 9.78. The highest BCUT2D eigenvalue weighted by Gasteiger charge is 2.76. The van der Waals surface area contributed by atoms with Gasteiger partial charge in [-0.25, -0.2) is 18.1 Å². The fourth-order valence-electron chi connectivity index (χ4n) is 5.69. The quantitative estimate of drug-likeness (QED) is 0.145. The van der Waals surface area contributed by atoms with Gasteiger partial charge in [-0.15, -0.1) is 0 Å². The first kappa shape index (κ1) is 27.3. The van der Waals surface area contributed by atoms with Gasteiger partial charge in [-0.2, -0.15) is 13.2 Å². The van der Waals surface area contributed by atoms with Crippen LogP contribution in [-0.2, 0) is 29.2 Å². The van der Waals surface area contributed by atoms with E-state index in [1.165, 1.54) is 16.0 Å². The predicted octanol–water partition coefficient (Wildman–Crippen LogP) is 3.15. The fourth-order valence-corrected chi connectivity index (χ4v) is 11.3. The minimum Gasteiger partial charge on any atom is -0.741 e. The molecular weight excluding hydrogens is 510 g/mol. The molecule has 0 saturated carbocycles. The number of hydrogen-bond donors (Lipinski definition) is 0. The topological polar surface area (TPSA) is 121 Å². The molecule has 1 aromatic carbocycles. The van der Waals surface area contributed by atoms with Gasteiger partial charge in [0.2, 0.25) is 11.8 Å². The van der Waals surface area contributed by atoms with Gasteiger partial charge in [0.1, 0.15) is 11.3 Å². The smallest absolute Gasteiger partial charge is 0.485 e. The summed E-state index contributed by atoms with van der Waals surface area (Å²) >= 11 is 0. The number of amides is 2. The second-order valence-electron chi connectivity index (χ2n) is 8.86.